The molecule has 0 saturated heterocycles. The van der Waals surface area contributed by atoms with Crippen LogP contribution in [0.4, 0.5) is 0 Å². The van der Waals surface area contributed by atoms with Crippen molar-refractivity contribution in [2.45, 2.75) is 51.9 Å². The number of nitrogens with zero attached hydrogens (tertiary/aromatic N) is 1. The molecule has 1 aromatic carbocycles. The van der Waals surface area contributed by atoms with Gasteiger partial charge in [-0.05, 0) is 55.2 Å². The summed E-state index contributed by atoms with van der Waals surface area (Å²) < 4.78 is 11.3. The number of benzene rings is 1. The Hall–Kier alpha value is -2.62. The molecule has 1 saturated carbocycles. The largest absolute Gasteiger partial charge is 0.490 e. The van der Waals surface area contributed by atoms with Gasteiger partial charge in [-0.25, -0.2) is 0 Å². The third-order valence-electron chi connectivity index (χ3n) is 5.11. The van der Waals surface area contributed by atoms with Gasteiger partial charge in [-0.3, -0.25) is 9.78 Å². The second-order valence-corrected chi connectivity index (χ2v) is 7.24. The van der Waals surface area contributed by atoms with Crippen molar-refractivity contribution in [3.8, 4) is 11.5 Å². The second kappa shape index (κ2) is 10.6. The lowest BCUT2D eigenvalue weighted by Gasteiger charge is -2.20. The van der Waals surface area contributed by atoms with Crippen LogP contribution in [0.1, 0.15) is 63.1 Å². The van der Waals surface area contributed by atoms with Crippen LogP contribution in [0.3, 0.4) is 0 Å². The van der Waals surface area contributed by atoms with Crippen LogP contribution in [0.5, 0.6) is 11.5 Å². The lowest BCUT2D eigenvalue weighted by molar-refractivity contribution is -0.134. The molecule has 148 valence electrons. The van der Waals surface area contributed by atoms with Crippen LogP contribution in [0.2, 0.25) is 0 Å². The van der Waals surface area contributed by atoms with E-state index >= 15 is 0 Å². The number of rotatable bonds is 8. The van der Waals surface area contributed by atoms with E-state index in [4.69, 9.17) is 9.47 Å². The van der Waals surface area contributed by atoms with Crippen LogP contribution in [-0.4, -0.2) is 17.6 Å². The summed E-state index contributed by atoms with van der Waals surface area (Å²) in [7, 11) is 0. The van der Waals surface area contributed by atoms with Crippen molar-refractivity contribution in [1.82, 2.24) is 4.98 Å². The van der Waals surface area contributed by atoms with Gasteiger partial charge in [0, 0.05) is 12.6 Å². The van der Waals surface area contributed by atoms with Gasteiger partial charge in [-0.2, -0.15) is 0 Å². The number of pyridine rings is 1. The van der Waals surface area contributed by atoms with E-state index in [-0.39, 0.29) is 5.97 Å². The van der Waals surface area contributed by atoms with Gasteiger partial charge in [0.25, 0.3) is 0 Å². The first kappa shape index (κ1) is 20.1. The predicted octanol–water partition coefficient (Wildman–Crippen LogP) is 5.92. The average molecular weight is 380 g/mol. The van der Waals surface area contributed by atoms with Crippen LogP contribution in [0.25, 0.3) is 12.2 Å². The maximum absolute atomic E-state index is 12.3. The maximum Gasteiger partial charge on any atom is 0.311 e. The molecule has 1 aromatic heterocycles. The Balaban J connectivity index is 1.61. The highest BCUT2D eigenvalue weighted by Crippen LogP contribution is 2.31. The zero-order valence-electron chi connectivity index (χ0n) is 16.6. The Morgan fingerprint density at radius 2 is 1.96 bits per heavy atom. The Kier molecular flexibility index (Phi) is 7.65. The van der Waals surface area contributed by atoms with E-state index in [0.29, 0.717) is 30.4 Å². The topological polar surface area (TPSA) is 48.4 Å². The molecule has 4 nitrogen and oxygen atoms in total. The minimum absolute atomic E-state index is 0.177. The number of hydrogen-bond donors (Lipinski definition) is 0. The van der Waals surface area contributed by atoms with Gasteiger partial charge in [0.05, 0.1) is 12.3 Å². The average Bonchev–Trinajstić information content (AvgIpc) is 2.74. The monoisotopic (exact) mass is 379 g/mol. The Labute approximate surface area is 167 Å². The molecule has 0 amide bonds. The fraction of sp³-hybridized carbons (Fsp3) is 0.417. The van der Waals surface area contributed by atoms with Crippen LogP contribution in [-0.2, 0) is 4.79 Å². The van der Waals surface area contributed by atoms with E-state index in [2.05, 4.69) is 4.98 Å². The van der Waals surface area contributed by atoms with E-state index in [1.54, 1.807) is 6.20 Å². The summed E-state index contributed by atoms with van der Waals surface area (Å²) in [6.07, 6.45) is 13.5. The van der Waals surface area contributed by atoms with Crippen LogP contribution in [0, 0.1) is 5.92 Å². The molecular weight excluding hydrogens is 350 g/mol. The molecule has 1 aliphatic rings. The Morgan fingerprint density at radius 3 is 2.71 bits per heavy atom. The summed E-state index contributed by atoms with van der Waals surface area (Å²) in [5.74, 6) is 1.58. The van der Waals surface area contributed by atoms with Crippen molar-refractivity contribution in [3.63, 3.8) is 0 Å². The molecule has 4 heteroatoms. The van der Waals surface area contributed by atoms with Crippen molar-refractivity contribution in [3.05, 3.63) is 53.9 Å². The number of esters is 1. The standard InChI is InChI=1S/C24H29NO3/c1-2-27-23-18-20(11-14-21-10-6-7-17-25-21)12-15-22(23)28-24(26)16-13-19-8-4-3-5-9-19/h6-7,10-12,14-15,17-19H,2-5,8-9,13,16H2,1H3/b14-11+. The van der Waals surface area contributed by atoms with E-state index < -0.39 is 0 Å². The molecule has 0 radical (unpaired) electrons. The first-order chi connectivity index (χ1) is 13.7. The Bertz CT molecular complexity index is 780. The van der Waals surface area contributed by atoms with Gasteiger partial charge in [0.2, 0.25) is 0 Å². The lowest BCUT2D eigenvalue weighted by atomic mass is 9.86. The van der Waals surface area contributed by atoms with Gasteiger partial charge in [0.1, 0.15) is 0 Å². The summed E-state index contributed by atoms with van der Waals surface area (Å²) in [6.45, 7) is 2.44. The van der Waals surface area contributed by atoms with E-state index in [9.17, 15) is 4.79 Å². The van der Waals surface area contributed by atoms with Crippen LogP contribution < -0.4 is 9.47 Å². The highest BCUT2D eigenvalue weighted by Gasteiger charge is 2.17. The Morgan fingerprint density at radius 1 is 1.11 bits per heavy atom. The van der Waals surface area contributed by atoms with Gasteiger partial charge in [-0.15, -0.1) is 0 Å². The SMILES string of the molecule is CCOc1cc(/C=C/c2ccccn2)ccc1OC(=O)CCC1CCCCC1. The maximum atomic E-state index is 12.3. The first-order valence-electron chi connectivity index (χ1n) is 10.3. The molecule has 0 bridgehead atoms. The van der Waals surface area contributed by atoms with Crippen molar-refractivity contribution in [2.75, 3.05) is 6.61 Å². The van der Waals surface area contributed by atoms with Crippen molar-refractivity contribution < 1.29 is 14.3 Å². The molecular formula is C24H29NO3. The molecule has 0 N–H and O–H groups in total. The molecule has 1 fully saturated rings. The number of aromatic nitrogens is 1. The third-order valence-corrected chi connectivity index (χ3v) is 5.11. The first-order valence-corrected chi connectivity index (χ1v) is 10.3. The zero-order chi connectivity index (χ0) is 19.6. The molecule has 28 heavy (non-hydrogen) atoms. The minimum Gasteiger partial charge on any atom is -0.490 e. The van der Waals surface area contributed by atoms with Crippen molar-refractivity contribution in [2.24, 2.45) is 5.92 Å². The lowest BCUT2D eigenvalue weighted by Crippen LogP contribution is -2.13. The molecule has 0 spiro atoms. The zero-order valence-corrected chi connectivity index (χ0v) is 16.6. The smallest absolute Gasteiger partial charge is 0.311 e. The third kappa shape index (κ3) is 6.22. The molecule has 0 unspecified atom stereocenters. The van der Waals surface area contributed by atoms with E-state index in [1.165, 1.54) is 32.1 Å². The summed E-state index contributed by atoms with van der Waals surface area (Å²) in [5, 5.41) is 0. The molecule has 3 rings (SSSR count). The molecule has 0 atom stereocenters. The molecule has 1 aliphatic carbocycles. The molecule has 2 aromatic rings. The number of hydrogen-bond acceptors (Lipinski definition) is 4. The van der Waals surface area contributed by atoms with E-state index in [0.717, 1.165) is 17.7 Å². The highest BCUT2D eigenvalue weighted by atomic mass is 16.6. The quantitative estimate of drug-likeness (QED) is 0.422. The summed E-state index contributed by atoms with van der Waals surface area (Å²) in [6, 6.07) is 11.4. The molecule has 0 aliphatic heterocycles. The van der Waals surface area contributed by atoms with Gasteiger partial charge < -0.3 is 9.47 Å². The predicted molar refractivity (Wildman–Crippen MR) is 112 cm³/mol. The number of carbonyl (C=O) groups excluding carboxylic acids is 1. The number of carbonyl (C=O) groups is 1. The van der Waals surface area contributed by atoms with Crippen LogP contribution in [0.15, 0.2) is 42.6 Å². The van der Waals surface area contributed by atoms with Crippen LogP contribution >= 0.6 is 0 Å². The normalized spacial score (nSPS) is 14.9. The minimum atomic E-state index is -0.177. The fourth-order valence-corrected chi connectivity index (χ4v) is 3.61. The second-order valence-electron chi connectivity index (χ2n) is 7.24. The highest BCUT2D eigenvalue weighted by molar-refractivity contribution is 5.74. The van der Waals surface area contributed by atoms with Gasteiger partial charge in [0.15, 0.2) is 11.5 Å². The van der Waals surface area contributed by atoms with Crippen molar-refractivity contribution >= 4 is 18.1 Å². The van der Waals surface area contributed by atoms with Gasteiger partial charge >= 0.3 is 5.97 Å². The van der Waals surface area contributed by atoms with Crippen molar-refractivity contribution in [1.29, 1.82) is 0 Å². The molecule has 1 heterocycles. The summed E-state index contributed by atoms with van der Waals surface area (Å²) in [4.78, 5) is 16.6. The fourth-order valence-electron chi connectivity index (χ4n) is 3.61. The number of ether oxygens (including phenoxy) is 2. The summed E-state index contributed by atoms with van der Waals surface area (Å²) in [5.41, 5.74) is 1.86. The van der Waals surface area contributed by atoms with Gasteiger partial charge in [-0.1, -0.05) is 50.3 Å². The summed E-state index contributed by atoms with van der Waals surface area (Å²) >= 11 is 0. The van der Waals surface area contributed by atoms with E-state index in [1.807, 2.05) is 55.5 Å².